The molecule has 0 aliphatic carbocycles. The summed E-state index contributed by atoms with van der Waals surface area (Å²) in [4.78, 5) is -0.132. The molecule has 2 aromatic carbocycles. The monoisotopic (exact) mass is 536 g/mol. The molecule has 0 spiro atoms. The number of fused-ring (bicyclic) bond motifs is 3. The first-order valence-corrected chi connectivity index (χ1v) is 14.3. The second kappa shape index (κ2) is 9.34. The zero-order chi connectivity index (χ0) is 24.7. The lowest BCUT2D eigenvalue weighted by Gasteiger charge is -2.50. The molecule has 12 heteroatoms. The van der Waals surface area contributed by atoms with Crippen LogP contribution in [0.2, 0.25) is 5.02 Å². The van der Waals surface area contributed by atoms with Gasteiger partial charge >= 0.3 is 0 Å². The summed E-state index contributed by atoms with van der Waals surface area (Å²) in [6, 6.07) is 7.10. The van der Waals surface area contributed by atoms with Crippen LogP contribution in [0.3, 0.4) is 0 Å². The van der Waals surface area contributed by atoms with Crippen molar-refractivity contribution in [2.45, 2.75) is 28.6 Å². The van der Waals surface area contributed by atoms with Crippen molar-refractivity contribution in [3.63, 3.8) is 0 Å². The second-order valence-corrected chi connectivity index (χ2v) is 13.3. The quantitative estimate of drug-likeness (QED) is 0.580. The zero-order valence-corrected chi connectivity index (χ0v) is 20.3. The van der Waals surface area contributed by atoms with Gasteiger partial charge in [-0.25, -0.2) is 25.6 Å². The van der Waals surface area contributed by atoms with Crippen LogP contribution >= 0.6 is 11.6 Å². The maximum absolute atomic E-state index is 15.3. The van der Waals surface area contributed by atoms with Crippen molar-refractivity contribution in [3.8, 4) is 5.75 Å². The van der Waals surface area contributed by atoms with E-state index in [2.05, 4.69) is 0 Å². The van der Waals surface area contributed by atoms with Gasteiger partial charge in [-0.15, -0.1) is 0 Å². The van der Waals surface area contributed by atoms with Crippen LogP contribution in [-0.4, -0.2) is 59.4 Å². The molecular weight excluding hydrogens is 514 g/mol. The Balaban J connectivity index is 1.88. The Bertz CT molecular complexity index is 1280. The number of benzene rings is 2. The average molecular weight is 537 g/mol. The molecule has 0 amide bonds. The lowest BCUT2D eigenvalue weighted by molar-refractivity contribution is -0.0732. The van der Waals surface area contributed by atoms with Crippen LogP contribution < -0.4 is 4.74 Å². The van der Waals surface area contributed by atoms with Gasteiger partial charge in [0.25, 0.3) is 0 Å². The number of aliphatic hydroxyl groups is 1. The van der Waals surface area contributed by atoms with E-state index in [0.29, 0.717) is 5.02 Å². The summed E-state index contributed by atoms with van der Waals surface area (Å²) in [6.07, 6.45) is -1.21. The highest BCUT2D eigenvalue weighted by atomic mass is 35.5. The van der Waals surface area contributed by atoms with Crippen molar-refractivity contribution in [1.29, 1.82) is 0 Å². The van der Waals surface area contributed by atoms with Gasteiger partial charge < -0.3 is 14.6 Å². The summed E-state index contributed by atoms with van der Waals surface area (Å²) in [5.74, 6) is -4.14. The summed E-state index contributed by atoms with van der Waals surface area (Å²) >= 11 is 5.92. The third-order valence-electron chi connectivity index (χ3n) is 6.46. The number of rotatable bonds is 7. The third-order valence-corrected chi connectivity index (χ3v) is 10.9. The summed E-state index contributed by atoms with van der Waals surface area (Å²) in [5.41, 5.74) is -0.412. The first kappa shape index (κ1) is 25.3. The number of halogens is 3. The summed E-state index contributed by atoms with van der Waals surface area (Å²) < 4.78 is 91.9. The normalized spacial score (nSPS) is 24.7. The molecule has 3 atom stereocenters. The van der Waals surface area contributed by atoms with Gasteiger partial charge in [0, 0.05) is 17.5 Å². The van der Waals surface area contributed by atoms with E-state index in [4.69, 9.17) is 26.2 Å². The number of ether oxygens (including phenoxy) is 2. The Kier molecular flexibility index (Phi) is 6.96. The lowest BCUT2D eigenvalue weighted by atomic mass is 9.75. The minimum Gasteiger partial charge on any atom is -0.490 e. The molecular formula is C22H23ClF2O7S2. The molecule has 0 aromatic heterocycles. The van der Waals surface area contributed by atoms with Gasteiger partial charge in [-0.1, -0.05) is 11.6 Å². The van der Waals surface area contributed by atoms with Gasteiger partial charge in [-0.3, -0.25) is 0 Å². The van der Waals surface area contributed by atoms with Crippen molar-refractivity contribution in [2.24, 2.45) is 5.92 Å². The average Bonchev–Trinajstić information content (AvgIpc) is 2.79. The SMILES string of the molecule is O=S(=O)(CCO)CC[C@@H]1OCC[C@@]2(S(=O)(=O)c3ccc(Cl)cc3)c3c(F)ccc(F)c3OC[C@@H]12. The molecule has 1 fully saturated rings. The first-order chi connectivity index (χ1) is 16.0. The lowest BCUT2D eigenvalue weighted by Crippen LogP contribution is -2.57. The first-order valence-electron chi connectivity index (χ1n) is 10.6. The van der Waals surface area contributed by atoms with E-state index in [1.165, 1.54) is 24.3 Å². The molecule has 1 saturated heterocycles. The molecule has 0 radical (unpaired) electrons. The van der Waals surface area contributed by atoms with E-state index in [9.17, 15) is 21.2 Å². The molecule has 0 unspecified atom stereocenters. The van der Waals surface area contributed by atoms with Crippen LogP contribution in [0.5, 0.6) is 5.75 Å². The molecule has 7 nitrogen and oxygen atoms in total. The second-order valence-electron chi connectivity index (χ2n) is 8.32. The Hall–Kier alpha value is -1.79. The topological polar surface area (TPSA) is 107 Å². The van der Waals surface area contributed by atoms with E-state index >= 15 is 4.39 Å². The van der Waals surface area contributed by atoms with E-state index in [-0.39, 0.29) is 36.7 Å². The molecule has 1 N–H and O–H groups in total. The highest BCUT2D eigenvalue weighted by Gasteiger charge is 2.61. The van der Waals surface area contributed by atoms with Crippen molar-refractivity contribution in [2.75, 3.05) is 31.3 Å². The zero-order valence-electron chi connectivity index (χ0n) is 17.9. The van der Waals surface area contributed by atoms with E-state index in [1.807, 2.05) is 0 Å². The molecule has 2 aromatic rings. The van der Waals surface area contributed by atoms with Crippen molar-refractivity contribution in [1.82, 2.24) is 0 Å². The van der Waals surface area contributed by atoms with Crippen LogP contribution in [0.1, 0.15) is 18.4 Å². The Morgan fingerprint density at radius 3 is 2.38 bits per heavy atom. The maximum Gasteiger partial charge on any atom is 0.189 e. The van der Waals surface area contributed by atoms with E-state index in [0.717, 1.165) is 12.1 Å². The Morgan fingerprint density at radius 2 is 1.71 bits per heavy atom. The van der Waals surface area contributed by atoms with Gasteiger partial charge in [-0.05, 0) is 49.2 Å². The van der Waals surface area contributed by atoms with Crippen LogP contribution in [-0.2, 0) is 29.2 Å². The molecule has 0 bridgehead atoms. The number of hydrogen-bond acceptors (Lipinski definition) is 7. The molecule has 4 rings (SSSR count). The molecule has 2 aliphatic rings. The van der Waals surface area contributed by atoms with Crippen molar-refractivity contribution >= 4 is 31.3 Å². The minimum absolute atomic E-state index is 0.0967. The standard InChI is InChI=1S/C22H23ClF2O7S2/c23-14-1-3-15(4-2-14)34(29,30)22-8-10-31-19(7-11-33(27,28)12-9-26)16(22)13-32-21-18(25)6-5-17(24)20(21)22/h1-6,16,19,26H,7-13H2/t16-,19-,22-/m0/s1. The molecule has 186 valence electrons. The fourth-order valence-corrected chi connectivity index (χ4v) is 8.42. The molecule has 34 heavy (non-hydrogen) atoms. The summed E-state index contributed by atoms with van der Waals surface area (Å²) in [7, 11) is -7.99. The predicted octanol–water partition coefficient (Wildman–Crippen LogP) is 2.88. The molecule has 2 heterocycles. The van der Waals surface area contributed by atoms with E-state index in [1.54, 1.807) is 0 Å². The number of hydrogen-bond donors (Lipinski definition) is 1. The summed E-state index contributed by atoms with van der Waals surface area (Å²) in [5, 5.41) is 9.29. The Labute approximate surface area is 201 Å². The largest absolute Gasteiger partial charge is 0.490 e. The molecule has 0 saturated carbocycles. The highest BCUT2D eigenvalue weighted by molar-refractivity contribution is 7.92. The van der Waals surface area contributed by atoms with Crippen molar-refractivity contribution < 1.29 is 40.2 Å². The Morgan fingerprint density at radius 1 is 1.03 bits per heavy atom. The smallest absolute Gasteiger partial charge is 0.189 e. The molecule has 2 aliphatic heterocycles. The fraction of sp³-hybridized carbons (Fsp3) is 0.455. The van der Waals surface area contributed by atoms with Gasteiger partial charge in [0.05, 0.1) is 41.3 Å². The van der Waals surface area contributed by atoms with Crippen molar-refractivity contribution in [3.05, 3.63) is 58.6 Å². The third kappa shape index (κ3) is 4.21. The maximum atomic E-state index is 15.3. The number of sulfone groups is 2. The van der Waals surface area contributed by atoms with Crippen LogP contribution in [0, 0.1) is 17.6 Å². The van der Waals surface area contributed by atoms with Gasteiger partial charge in [-0.2, -0.15) is 0 Å². The van der Waals surface area contributed by atoms with Crippen LogP contribution in [0.4, 0.5) is 8.78 Å². The van der Waals surface area contributed by atoms with E-state index < -0.39 is 71.8 Å². The van der Waals surface area contributed by atoms with Gasteiger partial charge in [0.2, 0.25) is 0 Å². The van der Waals surface area contributed by atoms with Crippen LogP contribution in [0.25, 0.3) is 0 Å². The van der Waals surface area contributed by atoms with Crippen LogP contribution in [0.15, 0.2) is 41.3 Å². The fourth-order valence-electron chi connectivity index (χ4n) is 4.87. The minimum atomic E-state index is -4.36. The van der Waals surface area contributed by atoms with Gasteiger partial charge in [0.1, 0.15) is 10.6 Å². The summed E-state index contributed by atoms with van der Waals surface area (Å²) in [6.45, 7) is -0.985. The number of aliphatic hydroxyl groups excluding tert-OH is 1. The predicted molar refractivity (Wildman–Crippen MR) is 120 cm³/mol. The highest BCUT2D eigenvalue weighted by Crippen LogP contribution is 2.55. The van der Waals surface area contributed by atoms with Gasteiger partial charge in [0.15, 0.2) is 31.2 Å².